The quantitative estimate of drug-likeness (QED) is 0.884. The van der Waals surface area contributed by atoms with E-state index in [0.29, 0.717) is 25.3 Å². The van der Waals surface area contributed by atoms with Crippen molar-refractivity contribution < 1.29 is 8.42 Å². The Kier molecular flexibility index (Phi) is 4.27. The maximum atomic E-state index is 12.5. The van der Waals surface area contributed by atoms with Gasteiger partial charge in [0.2, 0.25) is 0 Å². The second kappa shape index (κ2) is 5.60. The number of likely N-dealkylation sites (N-methyl/N-ethyl adjacent to an activating group) is 1. The highest BCUT2D eigenvalue weighted by molar-refractivity contribution is 7.89. The minimum absolute atomic E-state index is 0.212. The molecule has 2 rings (SSSR count). The van der Waals surface area contributed by atoms with Crippen molar-refractivity contribution >= 4 is 10.0 Å². The Bertz CT molecular complexity index is 524. The summed E-state index contributed by atoms with van der Waals surface area (Å²) in [5.41, 5.74) is 0. The first-order valence-corrected chi connectivity index (χ1v) is 8.09. The van der Waals surface area contributed by atoms with Crippen LogP contribution in [0.4, 0.5) is 0 Å². The van der Waals surface area contributed by atoms with Gasteiger partial charge in [-0.2, -0.15) is 4.31 Å². The van der Waals surface area contributed by atoms with Crippen LogP contribution in [0.5, 0.6) is 0 Å². The van der Waals surface area contributed by atoms with Gasteiger partial charge in [0.25, 0.3) is 10.0 Å². The molecule has 1 N–H and O–H groups in total. The zero-order valence-electron chi connectivity index (χ0n) is 11.8. The summed E-state index contributed by atoms with van der Waals surface area (Å²) in [7, 11) is 0.555. The largest absolute Gasteiger partial charge is 0.332 e. The molecule has 1 aliphatic rings. The molecule has 1 aliphatic heterocycles. The van der Waals surface area contributed by atoms with E-state index in [1.807, 2.05) is 21.0 Å². The van der Waals surface area contributed by atoms with E-state index < -0.39 is 10.0 Å². The molecule has 0 saturated carbocycles. The fraction of sp³-hybridized carbons (Fsp3) is 0.750. The molecule has 108 valence electrons. The van der Waals surface area contributed by atoms with Gasteiger partial charge in [-0.3, -0.25) is 0 Å². The molecule has 0 aliphatic carbocycles. The van der Waals surface area contributed by atoms with Gasteiger partial charge in [0, 0.05) is 25.6 Å². The molecule has 7 heteroatoms. The summed E-state index contributed by atoms with van der Waals surface area (Å²) < 4.78 is 26.6. The minimum Gasteiger partial charge on any atom is -0.332 e. The lowest BCUT2D eigenvalue weighted by Crippen LogP contribution is -2.47. The smallest absolute Gasteiger partial charge is 0.260 e. The fourth-order valence-corrected chi connectivity index (χ4v) is 3.80. The molecule has 1 aromatic heterocycles. The Morgan fingerprint density at radius 2 is 2.26 bits per heavy atom. The third-order valence-electron chi connectivity index (χ3n) is 3.65. The van der Waals surface area contributed by atoms with Crippen LogP contribution in [-0.2, 0) is 16.4 Å². The summed E-state index contributed by atoms with van der Waals surface area (Å²) in [6.45, 7) is 3.08. The third kappa shape index (κ3) is 2.98. The van der Waals surface area contributed by atoms with Crippen LogP contribution in [0.3, 0.4) is 0 Å². The van der Waals surface area contributed by atoms with Gasteiger partial charge >= 0.3 is 0 Å². The average molecular weight is 286 g/mol. The van der Waals surface area contributed by atoms with E-state index in [1.165, 1.54) is 6.20 Å². The first-order valence-electron chi connectivity index (χ1n) is 6.65. The lowest BCUT2D eigenvalue weighted by Gasteiger charge is -2.34. The molecule has 0 bridgehead atoms. The van der Waals surface area contributed by atoms with Crippen molar-refractivity contribution in [1.29, 1.82) is 0 Å². The average Bonchev–Trinajstić information content (AvgIpc) is 2.88. The first-order chi connectivity index (χ1) is 8.95. The first kappa shape index (κ1) is 14.5. The maximum Gasteiger partial charge on any atom is 0.260 e. The number of aryl methyl sites for hydroxylation is 1. The number of hydrogen-bond donors (Lipinski definition) is 1. The summed E-state index contributed by atoms with van der Waals surface area (Å²) in [6.07, 6.45) is 4.07. The van der Waals surface area contributed by atoms with Crippen LogP contribution in [-0.4, -0.2) is 60.8 Å². The number of piperidine rings is 1. The van der Waals surface area contributed by atoms with Gasteiger partial charge in [-0.15, -0.1) is 0 Å². The zero-order chi connectivity index (χ0) is 14.0. The van der Waals surface area contributed by atoms with Crippen molar-refractivity contribution in [1.82, 2.24) is 19.2 Å². The summed E-state index contributed by atoms with van der Waals surface area (Å²) in [4.78, 5) is 9.06. The summed E-state index contributed by atoms with van der Waals surface area (Å²) in [5, 5.41) is 0.212. The lowest BCUT2D eigenvalue weighted by atomic mass is 10.1. The van der Waals surface area contributed by atoms with Crippen LogP contribution < -0.4 is 0 Å². The molecule has 1 unspecified atom stereocenters. The van der Waals surface area contributed by atoms with Gasteiger partial charge in [-0.1, -0.05) is 6.92 Å². The number of H-pyrrole nitrogens is 1. The predicted molar refractivity (Wildman–Crippen MR) is 73.4 cm³/mol. The van der Waals surface area contributed by atoms with Crippen LogP contribution >= 0.6 is 0 Å². The fourth-order valence-electron chi connectivity index (χ4n) is 2.35. The highest BCUT2D eigenvalue weighted by Crippen LogP contribution is 2.21. The van der Waals surface area contributed by atoms with Crippen molar-refractivity contribution in [3.63, 3.8) is 0 Å². The second-order valence-corrected chi connectivity index (χ2v) is 7.08. The van der Waals surface area contributed by atoms with Gasteiger partial charge < -0.3 is 9.88 Å². The van der Waals surface area contributed by atoms with Gasteiger partial charge in [0.15, 0.2) is 5.03 Å². The third-order valence-corrected chi connectivity index (χ3v) is 5.42. The summed E-state index contributed by atoms with van der Waals surface area (Å²) in [5.74, 6) is 0.708. The highest BCUT2D eigenvalue weighted by Gasteiger charge is 2.32. The van der Waals surface area contributed by atoms with Gasteiger partial charge in [-0.25, -0.2) is 13.4 Å². The monoisotopic (exact) mass is 286 g/mol. The number of imidazole rings is 1. The normalized spacial score (nSPS) is 22.0. The van der Waals surface area contributed by atoms with Crippen molar-refractivity contribution in [2.45, 2.75) is 37.3 Å². The van der Waals surface area contributed by atoms with Crippen molar-refractivity contribution in [3.8, 4) is 0 Å². The van der Waals surface area contributed by atoms with Gasteiger partial charge in [0.05, 0.1) is 6.20 Å². The van der Waals surface area contributed by atoms with Crippen LogP contribution in [0.2, 0.25) is 0 Å². The Balaban J connectivity index is 2.19. The van der Waals surface area contributed by atoms with Crippen LogP contribution in [0, 0.1) is 0 Å². The molecular weight excluding hydrogens is 264 g/mol. The summed E-state index contributed by atoms with van der Waals surface area (Å²) >= 11 is 0. The van der Waals surface area contributed by atoms with E-state index in [1.54, 1.807) is 4.31 Å². The molecule has 0 aromatic carbocycles. The second-order valence-electron chi connectivity index (χ2n) is 5.17. The topological polar surface area (TPSA) is 69.3 Å². The molecule has 0 radical (unpaired) electrons. The SMILES string of the molecule is CCc1ncc(S(=O)(=O)N2CCCC(N(C)C)C2)[nH]1. The number of nitrogens with zero attached hydrogens (tertiary/aromatic N) is 3. The number of nitrogens with one attached hydrogen (secondary N) is 1. The van der Waals surface area contributed by atoms with E-state index in [9.17, 15) is 8.42 Å². The van der Waals surface area contributed by atoms with Crippen LogP contribution in [0.15, 0.2) is 11.2 Å². The van der Waals surface area contributed by atoms with Gasteiger partial charge in [0.1, 0.15) is 5.82 Å². The maximum absolute atomic E-state index is 12.5. The minimum atomic E-state index is -3.43. The van der Waals surface area contributed by atoms with Crippen molar-refractivity contribution in [2.24, 2.45) is 0 Å². The number of sulfonamides is 1. The molecule has 1 aromatic rings. The van der Waals surface area contributed by atoms with E-state index in [-0.39, 0.29) is 11.1 Å². The van der Waals surface area contributed by atoms with Gasteiger partial charge in [-0.05, 0) is 26.9 Å². The van der Waals surface area contributed by atoms with E-state index in [4.69, 9.17) is 0 Å². The molecule has 2 heterocycles. The zero-order valence-corrected chi connectivity index (χ0v) is 12.6. The molecule has 6 nitrogen and oxygen atoms in total. The van der Waals surface area contributed by atoms with E-state index in [2.05, 4.69) is 14.9 Å². The standard InChI is InChI=1S/C12H22N4O2S/c1-4-11-13-8-12(14-11)19(17,18)16-7-5-6-10(9-16)15(2)3/h8,10H,4-7,9H2,1-3H3,(H,13,14). The predicted octanol–water partition coefficient (Wildman–Crippen LogP) is 0.687. The van der Waals surface area contributed by atoms with E-state index >= 15 is 0 Å². The Labute approximate surface area is 114 Å². The molecule has 0 spiro atoms. The Hall–Kier alpha value is -0.920. The molecule has 1 saturated heterocycles. The van der Waals surface area contributed by atoms with Crippen LogP contribution in [0.25, 0.3) is 0 Å². The van der Waals surface area contributed by atoms with Crippen molar-refractivity contribution in [2.75, 3.05) is 27.2 Å². The molecule has 1 fully saturated rings. The number of aromatic nitrogens is 2. The summed E-state index contributed by atoms with van der Waals surface area (Å²) in [6, 6.07) is 0.289. The number of hydrogen-bond acceptors (Lipinski definition) is 4. The number of rotatable bonds is 4. The molecule has 0 amide bonds. The molecular formula is C12H22N4O2S. The highest BCUT2D eigenvalue weighted by atomic mass is 32.2. The van der Waals surface area contributed by atoms with Crippen LogP contribution in [0.1, 0.15) is 25.6 Å². The Morgan fingerprint density at radius 1 is 1.53 bits per heavy atom. The molecule has 1 atom stereocenters. The van der Waals surface area contributed by atoms with E-state index in [0.717, 1.165) is 12.8 Å². The lowest BCUT2D eigenvalue weighted by molar-refractivity contribution is 0.190. The van der Waals surface area contributed by atoms with Crippen molar-refractivity contribution in [3.05, 3.63) is 12.0 Å². The molecule has 19 heavy (non-hydrogen) atoms. The Morgan fingerprint density at radius 3 is 2.84 bits per heavy atom. The number of aromatic amines is 1.